The molecule has 7 nitrogen and oxygen atoms in total. The summed E-state index contributed by atoms with van der Waals surface area (Å²) in [5, 5.41) is 16.4. The van der Waals surface area contributed by atoms with E-state index in [1.165, 1.54) is 18.2 Å². The van der Waals surface area contributed by atoms with Gasteiger partial charge in [-0.1, -0.05) is 48.0 Å². The van der Waals surface area contributed by atoms with E-state index in [0.29, 0.717) is 11.3 Å². The van der Waals surface area contributed by atoms with E-state index in [-0.39, 0.29) is 10.6 Å². The Hall–Kier alpha value is -3.89. The molecule has 0 spiro atoms. The minimum atomic E-state index is -1.28. The summed E-state index contributed by atoms with van der Waals surface area (Å²) in [5.74, 6) is -1.08. The van der Waals surface area contributed by atoms with Crippen molar-refractivity contribution in [2.45, 2.75) is 12.5 Å². The SMILES string of the molecule is CC1(c2ccc3ccccc3c2)NC(=O)N(CC(=O)Nc2ccc(C#N)c(Cl)c2)C1=O. The van der Waals surface area contributed by atoms with Crippen LogP contribution in [0.5, 0.6) is 0 Å². The van der Waals surface area contributed by atoms with Crippen molar-refractivity contribution in [1.82, 2.24) is 10.2 Å². The van der Waals surface area contributed by atoms with Gasteiger partial charge < -0.3 is 10.6 Å². The third-order valence-corrected chi connectivity index (χ3v) is 5.59. The number of carbonyl (C=O) groups excluding carboxylic acids is 3. The summed E-state index contributed by atoms with van der Waals surface area (Å²) < 4.78 is 0. The fraction of sp³-hybridized carbons (Fsp3) is 0.130. The lowest BCUT2D eigenvalue weighted by Gasteiger charge is -2.22. The molecule has 154 valence electrons. The highest BCUT2D eigenvalue weighted by atomic mass is 35.5. The number of urea groups is 1. The van der Waals surface area contributed by atoms with E-state index in [1.807, 2.05) is 42.5 Å². The number of rotatable bonds is 4. The number of hydrogen-bond acceptors (Lipinski definition) is 4. The summed E-state index contributed by atoms with van der Waals surface area (Å²) in [6.07, 6.45) is 0. The van der Waals surface area contributed by atoms with Crippen LogP contribution in [0.25, 0.3) is 10.8 Å². The molecule has 8 heteroatoms. The topological polar surface area (TPSA) is 102 Å². The second-order valence-corrected chi connectivity index (χ2v) is 7.77. The summed E-state index contributed by atoms with van der Waals surface area (Å²) in [6.45, 7) is 1.17. The smallest absolute Gasteiger partial charge is 0.324 e. The molecule has 0 saturated carbocycles. The molecule has 3 aromatic rings. The lowest BCUT2D eigenvalue weighted by Crippen LogP contribution is -2.42. The molecule has 3 aromatic carbocycles. The maximum absolute atomic E-state index is 13.1. The number of nitrogens with one attached hydrogen (secondary N) is 2. The second-order valence-electron chi connectivity index (χ2n) is 7.36. The molecule has 1 fully saturated rings. The van der Waals surface area contributed by atoms with Crippen LogP contribution in [0.1, 0.15) is 18.1 Å². The molecule has 1 aliphatic rings. The summed E-state index contributed by atoms with van der Waals surface area (Å²) in [4.78, 5) is 39.0. The maximum atomic E-state index is 13.1. The summed E-state index contributed by atoms with van der Waals surface area (Å²) in [5.41, 5.74) is -0.0105. The molecule has 0 radical (unpaired) electrons. The molecule has 4 rings (SSSR count). The highest BCUT2D eigenvalue weighted by Crippen LogP contribution is 2.31. The molecular weight excluding hydrogens is 416 g/mol. The lowest BCUT2D eigenvalue weighted by atomic mass is 9.90. The molecule has 31 heavy (non-hydrogen) atoms. The van der Waals surface area contributed by atoms with Gasteiger partial charge in [-0.15, -0.1) is 0 Å². The van der Waals surface area contributed by atoms with E-state index < -0.39 is 29.9 Å². The number of amides is 4. The molecule has 1 unspecified atom stereocenters. The monoisotopic (exact) mass is 432 g/mol. The van der Waals surface area contributed by atoms with Gasteiger partial charge in [-0.05, 0) is 47.5 Å². The lowest BCUT2D eigenvalue weighted by molar-refractivity contribution is -0.133. The van der Waals surface area contributed by atoms with Crippen LogP contribution in [-0.2, 0) is 15.1 Å². The van der Waals surface area contributed by atoms with Crippen molar-refractivity contribution >= 4 is 45.9 Å². The first-order chi connectivity index (χ1) is 14.8. The van der Waals surface area contributed by atoms with Crippen molar-refractivity contribution in [3.63, 3.8) is 0 Å². The third kappa shape index (κ3) is 3.69. The van der Waals surface area contributed by atoms with Crippen LogP contribution in [0.15, 0.2) is 60.7 Å². The largest absolute Gasteiger partial charge is 0.325 e. The second kappa shape index (κ2) is 7.74. The van der Waals surface area contributed by atoms with Gasteiger partial charge in [-0.3, -0.25) is 14.5 Å². The number of nitriles is 1. The molecule has 1 atom stereocenters. The molecule has 0 bridgehead atoms. The molecule has 2 N–H and O–H groups in total. The zero-order chi connectivity index (χ0) is 22.2. The van der Waals surface area contributed by atoms with Crippen LogP contribution in [0.4, 0.5) is 10.5 Å². The van der Waals surface area contributed by atoms with Crippen molar-refractivity contribution in [3.05, 3.63) is 76.8 Å². The average molecular weight is 433 g/mol. The van der Waals surface area contributed by atoms with Gasteiger partial charge in [0.15, 0.2) is 0 Å². The Morgan fingerprint density at radius 2 is 1.87 bits per heavy atom. The number of nitrogens with zero attached hydrogens (tertiary/aromatic N) is 2. The van der Waals surface area contributed by atoms with Crippen molar-refractivity contribution in [2.24, 2.45) is 0 Å². The number of halogens is 1. The predicted molar refractivity (Wildman–Crippen MR) is 116 cm³/mol. The summed E-state index contributed by atoms with van der Waals surface area (Å²) in [6, 6.07) is 19.0. The normalized spacial score (nSPS) is 18.0. The standard InChI is InChI=1S/C23H17ClN4O3/c1-23(17-8-6-14-4-2-3-5-15(14)10-17)21(30)28(22(31)27-23)13-20(29)26-18-9-7-16(12-25)19(24)11-18/h2-11H,13H2,1H3,(H,26,29)(H,27,31). The van der Waals surface area contributed by atoms with Crippen molar-refractivity contribution in [3.8, 4) is 6.07 Å². The Morgan fingerprint density at radius 3 is 2.58 bits per heavy atom. The predicted octanol–water partition coefficient (Wildman–Crippen LogP) is 3.77. The van der Waals surface area contributed by atoms with Gasteiger partial charge in [-0.2, -0.15) is 5.26 Å². The Morgan fingerprint density at radius 1 is 1.13 bits per heavy atom. The first kappa shape index (κ1) is 20.4. The zero-order valence-corrected chi connectivity index (χ0v) is 17.2. The van der Waals surface area contributed by atoms with Gasteiger partial charge in [0.05, 0.1) is 10.6 Å². The van der Waals surface area contributed by atoms with E-state index in [4.69, 9.17) is 16.9 Å². The van der Waals surface area contributed by atoms with Gasteiger partial charge in [0.25, 0.3) is 5.91 Å². The maximum Gasteiger partial charge on any atom is 0.325 e. The summed E-state index contributed by atoms with van der Waals surface area (Å²) >= 11 is 5.97. The Balaban J connectivity index is 1.53. The number of benzene rings is 3. The van der Waals surface area contributed by atoms with E-state index in [2.05, 4.69) is 10.6 Å². The van der Waals surface area contributed by atoms with E-state index in [1.54, 1.807) is 13.0 Å². The van der Waals surface area contributed by atoms with Crippen molar-refractivity contribution in [1.29, 1.82) is 5.26 Å². The molecule has 4 amide bonds. The number of hydrogen-bond donors (Lipinski definition) is 2. The van der Waals surface area contributed by atoms with Crippen LogP contribution < -0.4 is 10.6 Å². The van der Waals surface area contributed by atoms with E-state index >= 15 is 0 Å². The quantitative estimate of drug-likeness (QED) is 0.612. The van der Waals surface area contributed by atoms with E-state index in [0.717, 1.165) is 15.7 Å². The fourth-order valence-electron chi connectivity index (χ4n) is 3.56. The average Bonchev–Trinajstić information content (AvgIpc) is 2.97. The molecule has 0 aliphatic carbocycles. The molecule has 0 aromatic heterocycles. The minimum absolute atomic E-state index is 0.194. The van der Waals surface area contributed by atoms with Gasteiger partial charge in [0.2, 0.25) is 5.91 Å². The van der Waals surface area contributed by atoms with Crippen molar-refractivity contribution in [2.75, 3.05) is 11.9 Å². The number of carbonyl (C=O) groups is 3. The number of imide groups is 1. The molecular formula is C23H17ClN4O3. The van der Waals surface area contributed by atoms with Crippen molar-refractivity contribution < 1.29 is 14.4 Å². The Labute approximate surface area is 183 Å². The van der Waals surface area contributed by atoms with Crippen LogP contribution >= 0.6 is 11.6 Å². The number of fused-ring (bicyclic) bond motifs is 1. The highest BCUT2D eigenvalue weighted by molar-refractivity contribution is 6.32. The summed E-state index contributed by atoms with van der Waals surface area (Å²) in [7, 11) is 0. The zero-order valence-electron chi connectivity index (χ0n) is 16.5. The highest BCUT2D eigenvalue weighted by Gasteiger charge is 2.49. The van der Waals surface area contributed by atoms with Gasteiger partial charge in [-0.25, -0.2) is 4.79 Å². The molecule has 1 saturated heterocycles. The van der Waals surface area contributed by atoms with Crippen LogP contribution in [-0.4, -0.2) is 29.3 Å². The van der Waals surface area contributed by atoms with E-state index in [9.17, 15) is 14.4 Å². The van der Waals surface area contributed by atoms with Crippen LogP contribution in [0, 0.1) is 11.3 Å². The van der Waals surface area contributed by atoms with Gasteiger partial charge in [0.1, 0.15) is 18.2 Å². The van der Waals surface area contributed by atoms with Gasteiger partial charge >= 0.3 is 6.03 Å². The molecule has 1 aliphatic heterocycles. The minimum Gasteiger partial charge on any atom is -0.324 e. The Kier molecular flexibility index (Phi) is 5.09. The molecule has 1 heterocycles. The first-order valence-electron chi connectivity index (χ1n) is 9.45. The third-order valence-electron chi connectivity index (χ3n) is 5.28. The van der Waals surface area contributed by atoms with Crippen LogP contribution in [0.3, 0.4) is 0 Å². The number of anilines is 1. The fourth-order valence-corrected chi connectivity index (χ4v) is 3.79. The first-order valence-corrected chi connectivity index (χ1v) is 9.82. The van der Waals surface area contributed by atoms with Crippen LogP contribution in [0.2, 0.25) is 5.02 Å². The van der Waals surface area contributed by atoms with Gasteiger partial charge in [0, 0.05) is 5.69 Å². The Bertz CT molecular complexity index is 1280.